The van der Waals surface area contributed by atoms with Crippen LogP contribution in [0.15, 0.2) is 24.5 Å². The Labute approximate surface area is 96.5 Å². The summed E-state index contributed by atoms with van der Waals surface area (Å²) in [7, 11) is 0. The molecule has 0 saturated heterocycles. The molecule has 0 atom stereocenters. The Kier molecular flexibility index (Phi) is 5.32. The first kappa shape index (κ1) is 12.5. The van der Waals surface area contributed by atoms with Crippen molar-refractivity contribution in [3.8, 4) is 0 Å². The first-order valence-electron chi connectivity index (χ1n) is 5.69. The van der Waals surface area contributed by atoms with Crippen molar-refractivity contribution in [3.05, 3.63) is 30.1 Å². The fourth-order valence-corrected chi connectivity index (χ4v) is 1.41. The maximum Gasteiger partial charge on any atom is 0.315 e. The zero-order valence-corrected chi connectivity index (χ0v) is 9.86. The number of hydrogen-bond donors (Lipinski definition) is 2. The number of carbonyl (C=O) groups is 1. The Balaban J connectivity index is 2.30. The Morgan fingerprint density at radius 3 is 2.75 bits per heavy atom. The predicted octanol–water partition coefficient (Wildman–Crippen LogP) is 2.07. The van der Waals surface area contributed by atoms with Gasteiger partial charge in [-0.2, -0.15) is 0 Å². The molecule has 0 fully saturated rings. The van der Waals surface area contributed by atoms with Crippen LogP contribution in [-0.2, 0) is 6.54 Å². The standard InChI is InChI=1S/C12H19N3O/c1-3-11(4-2)15-12(16)14-9-10-6-5-7-13-8-10/h5-8,11H,3-4,9H2,1-2H3,(H2,14,15,16). The Hall–Kier alpha value is -1.58. The number of carbonyl (C=O) groups excluding carboxylic acids is 1. The Morgan fingerprint density at radius 2 is 2.19 bits per heavy atom. The van der Waals surface area contributed by atoms with Crippen LogP contribution in [0.25, 0.3) is 0 Å². The van der Waals surface area contributed by atoms with Crippen LogP contribution in [0.5, 0.6) is 0 Å². The van der Waals surface area contributed by atoms with E-state index in [-0.39, 0.29) is 12.1 Å². The highest BCUT2D eigenvalue weighted by Gasteiger charge is 2.06. The van der Waals surface area contributed by atoms with E-state index in [4.69, 9.17) is 0 Å². The van der Waals surface area contributed by atoms with Crippen LogP contribution in [0.3, 0.4) is 0 Å². The fourth-order valence-electron chi connectivity index (χ4n) is 1.41. The van der Waals surface area contributed by atoms with E-state index < -0.39 is 0 Å². The van der Waals surface area contributed by atoms with E-state index in [2.05, 4.69) is 29.5 Å². The highest BCUT2D eigenvalue weighted by molar-refractivity contribution is 5.74. The highest BCUT2D eigenvalue weighted by atomic mass is 16.2. The Bertz CT molecular complexity index is 309. The maximum absolute atomic E-state index is 11.5. The normalized spacial score (nSPS) is 10.2. The molecule has 0 aliphatic carbocycles. The minimum absolute atomic E-state index is 0.113. The average Bonchev–Trinajstić information content (AvgIpc) is 2.34. The van der Waals surface area contributed by atoms with Gasteiger partial charge in [-0.25, -0.2) is 4.79 Å². The molecule has 0 spiro atoms. The van der Waals surface area contributed by atoms with Crippen molar-refractivity contribution < 1.29 is 4.79 Å². The van der Waals surface area contributed by atoms with Crippen LogP contribution in [0.2, 0.25) is 0 Å². The molecule has 0 radical (unpaired) electrons. The van der Waals surface area contributed by atoms with Gasteiger partial charge >= 0.3 is 6.03 Å². The zero-order chi connectivity index (χ0) is 11.8. The van der Waals surface area contributed by atoms with Gasteiger partial charge in [-0.15, -0.1) is 0 Å². The summed E-state index contributed by atoms with van der Waals surface area (Å²) >= 11 is 0. The van der Waals surface area contributed by atoms with Crippen molar-refractivity contribution >= 4 is 6.03 Å². The van der Waals surface area contributed by atoms with Crippen molar-refractivity contribution in [1.82, 2.24) is 15.6 Å². The van der Waals surface area contributed by atoms with E-state index in [1.807, 2.05) is 12.1 Å². The summed E-state index contributed by atoms with van der Waals surface area (Å²) in [6, 6.07) is 3.94. The topological polar surface area (TPSA) is 54.0 Å². The van der Waals surface area contributed by atoms with Gasteiger partial charge in [0.1, 0.15) is 0 Å². The van der Waals surface area contributed by atoms with Crippen LogP contribution in [0, 0.1) is 0 Å². The van der Waals surface area contributed by atoms with Gasteiger partial charge in [-0.3, -0.25) is 4.98 Å². The molecular formula is C12H19N3O. The second-order valence-electron chi connectivity index (χ2n) is 3.70. The molecule has 2 N–H and O–H groups in total. The molecule has 1 aromatic heterocycles. The molecule has 2 amide bonds. The largest absolute Gasteiger partial charge is 0.335 e. The van der Waals surface area contributed by atoms with Gasteiger partial charge in [-0.05, 0) is 24.5 Å². The van der Waals surface area contributed by atoms with E-state index in [1.54, 1.807) is 12.4 Å². The number of hydrogen-bond acceptors (Lipinski definition) is 2. The van der Waals surface area contributed by atoms with Gasteiger partial charge in [0.05, 0.1) is 0 Å². The lowest BCUT2D eigenvalue weighted by atomic mass is 10.2. The third kappa shape index (κ3) is 4.29. The van der Waals surface area contributed by atoms with Crippen LogP contribution < -0.4 is 10.6 Å². The number of aromatic nitrogens is 1. The minimum atomic E-state index is -0.113. The van der Waals surface area contributed by atoms with E-state index in [0.717, 1.165) is 18.4 Å². The molecule has 4 heteroatoms. The van der Waals surface area contributed by atoms with Gasteiger partial charge in [0.2, 0.25) is 0 Å². The van der Waals surface area contributed by atoms with Gasteiger partial charge in [0.15, 0.2) is 0 Å². The summed E-state index contributed by atoms with van der Waals surface area (Å²) in [6.07, 6.45) is 5.37. The van der Waals surface area contributed by atoms with E-state index in [1.165, 1.54) is 0 Å². The van der Waals surface area contributed by atoms with E-state index in [0.29, 0.717) is 6.54 Å². The number of nitrogens with one attached hydrogen (secondary N) is 2. The zero-order valence-electron chi connectivity index (χ0n) is 9.86. The van der Waals surface area contributed by atoms with E-state index >= 15 is 0 Å². The van der Waals surface area contributed by atoms with Crippen molar-refractivity contribution in [1.29, 1.82) is 0 Å². The third-order valence-corrected chi connectivity index (χ3v) is 2.50. The molecule has 0 bridgehead atoms. The molecule has 0 aliphatic heterocycles. The first-order valence-corrected chi connectivity index (χ1v) is 5.69. The molecule has 16 heavy (non-hydrogen) atoms. The van der Waals surface area contributed by atoms with Crippen molar-refractivity contribution in [3.63, 3.8) is 0 Å². The smallest absolute Gasteiger partial charge is 0.315 e. The quantitative estimate of drug-likeness (QED) is 0.799. The summed E-state index contributed by atoms with van der Waals surface area (Å²) in [4.78, 5) is 15.5. The summed E-state index contributed by atoms with van der Waals surface area (Å²) in [5.41, 5.74) is 1.00. The molecule has 0 saturated carbocycles. The summed E-state index contributed by atoms with van der Waals surface area (Å²) < 4.78 is 0. The summed E-state index contributed by atoms with van der Waals surface area (Å²) in [6.45, 7) is 4.64. The first-order chi connectivity index (χ1) is 7.76. The van der Waals surface area contributed by atoms with Gasteiger partial charge in [0, 0.05) is 25.0 Å². The minimum Gasteiger partial charge on any atom is -0.335 e. The van der Waals surface area contributed by atoms with E-state index in [9.17, 15) is 4.79 Å². The maximum atomic E-state index is 11.5. The van der Waals surface area contributed by atoms with Crippen LogP contribution in [-0.4, -0.2) is 17.1 Å². The lowest BCUT2D eigenvalue weighted by molar-refractivity contribution is 0.235. The summed E-state index contributed by atoms with van der Waals surface area (Å²) in [5, 5.41) is 5.72. The lowest BCUT2D eigenvalue weighted by Gasteiger charge is -2.15. The van der Waals surface area contributed by atoms with Gasteiger partial charge in [-0.1, -0.05) is 19.9 Å². The van der Waals surface area contributed by atoms with Crippen LogP contribution >= 0.6 is 0 Å². The molecule has 1 aromatic rings. The number of urea groups is 1. The van der Waals surface area contributed by atoms with Gasteiger partial charge < -0.3 is 10.6 Å². The number of pyridine rings is 1. The number of rotatable bonds is 5. The number of nitrogens with zero attached hydrogens (tertiary/aromatic N) is 1. The third-order valence-electron chi connectivity index (χ3n) is 2.50. The highest BCUT2D eigenvalue weighted by Crippen LogP contribution is 1.97. The molecule has 4 nitrogen and oxygen atoms in total. The fraction of sp³-hybridized carbons (Fsp3) is 0.500. The second-order valence-corrected chi connectivity index (χ2v) is 3.70. The monoisotopic (exact) mass is 221 g/mol. The van der Waals surface area contributed by atoms with Gasteiger partial charge in [0.25, 0.3) is 0 Å². The molecular weight excluding hydrogens is 202 g/mol. The molecule has 1 rings (SSSR count). The van der Waals surface area contributed by atoms with Crippen molar-refractivity contribution in [2.24, 2.45) is 0 Å². The molecule has 0 unspecified atom stereocenters. The lowest BCUT2D eigenvalue weighted by Crippen LogP contribution is -2.41. The average molecular weight is 221 g/mol. The number of amides is 2. The molecule has 0 aromatic carbocycles. The molecule has 88 valence electrons. The van der Waals surface area contributed by atoms with Crippen LogP contribution in [0.4, 0.5) is 4.79 Å². The summed E-state index contributed by atoms with van der Waals surface area (Å²) in [5.74, 6) is 0. The van der Waals surface area contributed by atoms with Crippen molar-refractivity contribution in [2.75, 3.05) is 0 Å². The molecule has 0 aliphatic rings. The predicted molar refractivity (Wildman–Crippen MR) is 64.0 cm³/mol. The molecule has 1 heterocycles. The SMILES string of the molecule is CCC(CC)NC(=O)NCc1cccnc1. The van der Waals surface area contributed by atoms with Crippen molar-refractivity contribution in [2.45, 2.75) is 39.3 Å². The second kappa shape index (κ2) is 6.82. The Morgan fingerprint density at radius 1 is 1.44 bits per heavy atom. The van der Waals surface area contributed by atoms with Crippen LogP contribution in [0.1, 0.15) is 32.3 Å².